The minimum absolute atomic E-state index is 0.0255. The molecule has 0 unspecified atom stereocenters. The maximum absolute atomic E-state index is 11.1. The van der Waals surface area contributed by atoms with E-state index in [0.717, 1.165) is 0 Å². The van der Waals surface area contributed by atoms with Crippen molar-refractivity contribution < 1.29 is 19.1 Å². The average molecular weight is 178 g/mol. The summed E-state index contributed by atoms with van der Waals surface area (Å²) in [5.74, 6) is -0.877. The molecule has 0 saturated heterocycles. The molecule has 0 fully saturated rings. The first-order valence-corrected chi connectivity index (χ1v) is 3.67. The number of carbonyl (C=O) groups excluding carboxylic acids is 2. The quantitative estimate of drug-likeness (QED) is 0.432. The molecule has 0 spiro atoms. The van der Waals surface area contributed by atoms with Gasteiger partial charge in [0.2, 0.25) is 0 Å². The van der Waals surface area contributed by atoms with Crippen LogP contribution in [-0.2, 0) is 19.1 Å². The SMILES string of the molecule is COC(=O)C1=C2C=CC=C2OC1=O. The molecule has 4 nitrogen and oxygen atoms in total. The Balaban J connectivity index is 2.50. The molecule has 66 valence electrons. The lowest BCUT2D eigenvalue weighted by atomic mass is 10.1. The fourth-order valence-electron chi connectivity index (χ4n) is 1.26. The molecule has 0 bridgehead atoms. The van der Waals surface area contributed by atoms with Crippen molar-refractivity contribution >= 4 is 11.9 Å². The fraction of sp³-hybridized carbons (Fsp3) is 0.111. The number of carbonyl (C=O) groups is 2. The summed E-state index contributed by atoms with van der Waals surface area (Å²) in [6.07, 6.45) is 4.98. The van der Waals surface area contributed by atoms with E-state index < -0.39 is 11.9 Å². The van der Waals surface area contributed by atoms with E-state index in [0.29, 0.717) is 11.3 Å². The van der Waals surface area contributed by atoms with E-state index in [-0.39, 0.29) is 5.57 Å². The monoisotopic (exact) mass is 178 g/mol. The standard InChI is InChI=1S/C9H6O4/c1-12-8(10)7-5-3-2-4-6(5)13-9(7)11/h2-4H,1H3. The van der Waals surface area contributed by atoms with Crippen LogP contribution in [0.2, 0.25) is 0 Å². The molecule has 1 aliphatic heterocycles. The van der Waals surface area contributed by atoms with Crippen LogP contribution in [-0.4, -0.2) is 19.0 Å². The predicted molar refractivity (Wildman–Crippen MR) is 42.4 cm³/mol. The smallest absolute Gasteiger partial charge is 0.351 e. The molecule has 0 aromatic rings. The Morgan fingerprint density at radius 2 is 2.31 bits per heavy atom. The van der Waals surface area contributed by atoms with Crippen molar-refractivity contribution in [1.29, 1.82) is 0 Å². The zero-order chi connectivity index (χ0) is 9.42. The van der Waals surface area contributed by atoms with Gasteiger partial charge in [-0.05, 0) is 12.2 Å². The minimum Gasteiger partial charge on any atom is -0.465 e. The zero-order valence-corrected chi connectivity index (χ0v) is 6.87. The van der Waals surface area contributed by atoms with Crippen molar-refractivity contribution in [2.75, 3.05) is 7.11 Å². The third-order valence-corrected chi connectivity index (χ3v) is 1.84. The van der Waals surface area contributed by atoms with Crippen molar-refractivity contribution in [1.82, 2.24) is 0 Å². The second-order valence-corrected chi connectivity index (χ2v) is 2.56. The van der Waals surface area contributed by atoms with Crippen molar-refractivity contribution in [2.24, 2.45) is 0 Å². The largest absolute Gasteiger partial charge is 0.465 e. The van der Waals surface area contributed by atoms with Crippen molar-refractivity contribution in [3.63, 3.8) is 0 Å². The van der Waals surface area contributed by atoms with Crippen LogP contribution < -0.4 is 0 Å². The summed E-state index contributed by atoms with van der Waals surface area (Å²) >= 11 is 0. The number of esters is 2. The van der Waals surface area contributed by atoms with E-state index in [2.05, 4.69) is 4.74 Å². The van der Waals surface area contributed by atoms with E-state index in [1.54, 1.807) is 18.2 Å². The number of methoxy groups -OCH3 is 1. The molecular weight excluding hydrogens is 172 g/mol. The molecule has 0 radical (unpaired) electrons. The molecule has 2 aliphatic rings. The van der Waals surface area contributed by atoms with Gasteiger partial charge in [0.1, 0.15) is 5.76 Å². The molecule has 0 aromatic carbocycles. The summed E-state index contributed by atoms with van der Waals surface area (Å²) in [4.78, 5) is 22.3. The molecular formula is C9H6O4. The maximum atomic E-state index is 11.1. The zero-order valence-electron chi connectivity index (χ0n) is 6.87. The van der Waals surface area contributed by atoms with E-state index in [1.165, 1.54) is 7.11 Å². The van der Waals surface area contributed by atoms with Gasteiger partial charge in [-0.2, -0.15) is 0 Å². The second kappa shape index (κ2) is 2.58. The Hall–Kier alpha value is -1.84. The van der Waals surface area contributed by atoms with Crippen LogP contribution in [0.1, 0.15) is 0 Å². The van der Waals surface area contributed by atoms with Crippen molar-refractivity contribution in [2.45, 2.75) is 0 Å². The highest BCUT2D eigenvalue weighted by Crippen LogP contribution is 2.31. The maximum Gasteiger partial charge on any atom is 0.351 e. The molecule has 1 heterocycles. The summed E-state index contributed by atoms with van der Waals surface area (Å²) in [7, 11) is 1.23. The number of ether oxygens (including phenoxy) is 2. The van der Waals surface area contributed by atoms with Gasteiger partial charge in [0.15, 0.2) is 5.57 Å². The average Bonchev–Trinajstić information content (AvgIpc) is 2.62. The molecule has 1 aliphatic carbocycles. The van der Waals surface area contributed by atoms with Gasteiger partial charge in [0.25, 0.3) is 0 Å². The van der Waals surface area contributed by atoms with Gasteiger partial charge in [-0.1, -0.05) is 6.08 Å². The summed E-state index contributed by atoms with van der Waals surface area (Å²) < 4.78 is 9.26. The topological polar surface area (TPSA) is 52.6 Å². The lowest BCUT2D eigenvalue weighted by Crippen LogP contribution is -2.12. The van der Waals surface area contributed by atoms with Gasteiger partial charge in [0, 0.05) is 5.57 Å². The van der Waals surface area contributed by atoms with Gasteiger partial charge in [0.05, 0.1) is 7.11 Å². The molecule has 13 heavy (non-hydrogen) atoms. The number of fused-ring (bicyclic) bond motifs is 1. The lowest BCUT2D eigenvalue weighted by molar-refractivity contribution is -0.141. The molecule has 0 N–H and O–H groups in total. The molecule has 0 aromatic heterocycles. The second-order valence-electron chi connectivity index (χ2n) is 2.56. The Labute approximate surface area is 74.1 Å². The van der Waals surface area contributed by atoms with Crippen LogP contribution in [0.25, 0.3) is 0 Å². The lowest BCUT2D eigenvalue weighted by Gasteiger charge is -1.95. The molecule has 4 heteroatoms. The van der Waals surface area contributed by atoms with Gasteiger partial charge < -0.3 is 9.47 Å². The van der Waals surface area contributed by atoms with Crippen LogP contribution in [0.3, 0.4) is 0 Å². The first-order valence-electron chi connectivity index (χ1n) is 3.67. The highest BCUT2D eigenvalue weighted by atomic mass is 16.6. The fourth-order valence-corrected chi connectivity index (χ4v) is 1.26. The van der Waals surface area contributed by atoms with E-state index in [9.17, 15) is 9.59 Å². The van der Waals surface area contributed by atoms with Crippen molar-refractivity contribution in [3.8, 4) is 0 Å². The third-order valence-electron chi connectivity index (χ3n) is 1.84. The van der Waals surface area contributed by atoms with Crippen molar-refractivity contribution in [3.05, 3.63) is 35.1 Å². The van der Waals surface area contributed by atoms with Crippen LogP contribution >= 0.6 is 0 Å². The van der Waals surface area contributed by atoms with Gasteiger partial charge in [-0.25, -0.2) is 9.59 Å². The summed E-state index contributed by atoms with van der Waals surface area (Å²) in [6.45, 7) is 0. The molecule has 2 rings (SSSR count). The number of hydrogen-bond acceptors (Lipinski definition) is 4. The van der Waals surface area contributed by atoms with Crippen LogP contribution in [0, 0.1) is 0 Å². The molecule has 0 atom stereocenters. The molecule has 0 saturated carbocycles. The Morgan fingerprint density at radius 3 is 3.00 bits per heavy atom. The van der Waals surface area contributed by atoms with Crippen LogP contribution in [0.5, 0.6) is 0 Å². The normalized spacial score (nSPS) is 18.5. The third kappa shape index (κ3) is 0.989. The Morgan fingerprint density at radius 1 is 1.54 bits per heavy atom. The highest BCUT2D eigenvalue weighted by molar-refractivity contribution is 6.18. The molecule has 0 amide bonds. The highest BCUT2D eigenvalue weighted by Gasteiger charge is 2.35. The van der Waals surface area contributed by atoms with Crippen LogP contribution in [0.15, 0.2) is 35.1 Å². The van der Waals surface area contributed by atoms with E-state index in [4.69, 9.17) is 4.74 Å². The van der Waals surface area contributed by atoms with Gasteiger partial charge in [-0.3, -0.25) is 0 Å². The van der Waals surface area contributed by atoms with Gasteiger partial charge >= 0.3 is 11.9 Å². The van der Waals surface area contributed by atoms with E-state index >= 15 is 0 Å². The first kappa shape index (κ1) is 7.79. The van der Waals surface area contributed by atoms with Gasteiger partial charge in [-0.15, -0.1) is 0 Å². The predicted octanol–water partition coefficient (Wildman–Crippen LogP) is 0.466. The summed E-state index contributed by atoms with van der Waals surface area (Å²) in [5, 5.41) is 0. The first-order chi connectivity index (χ1) is 6.24. The minimum atomic E-state index is -0.657. The number of rotatable bonds is 1. The number of hydrogen-bond donors (Lipinski definition) is 0. The Bertz CT molecular complexity index is 384. The van der Waals surface area contributed by atoms with E-state index in [1.807, 2.05) is 0 Å². The summed E-state index contributed by atoms with van der Waals surface area (Å²) in [5.41, 5.74) is 0.486. The number of allylic oxidation sites excluding steroid dienone is 3. The Kier molecular flexibility index (Phi) is 1.55. The summed E-state index contributed by atoms with van der Waals surface area (Å²) in [6, 6.07) is 0. The van der Waals surface area contributed by atoms with Crippen LogP contribution in [0.4, 0.5) is 0 Å².